The van der Waals surface area contributed by atoms with E-state index in [9.17, 15) is 8.60 Å². The summed E-state index contributed by atoms with van der Waals surface area (Å²) in [6.45, 7) is 1.59. The molecule has 2 rings (SSSR count). The van der Waals surface area contributed by atoms with Crippen LogP contribution in [0.2, 0.25) is 0 Å². The van der Waals surface area contributed by atoms with Crippen LogP contribution in [0.1, 0.15) is 6.42 Å². The Labute approximate surface area is 95.6 Å². The fraction of sp³-hybridized carbons (Fsp3) is 0.500. The van der Waals surface area contributed by atoms with Crippen molar-refractivity contribution in [2.75, 3.05) is 13.1 Å². The molecule has 15 heavy (non-hydrogen) atoms. The summed E-state index contributed by atoms with van der Waals surface area (Å²) in [6, 6.07) is 0. The van der Waals surface area contributed by atoms with Crippen molar-refractivity contribution in [1.29, 1.82) is 0 Å². The molecule has 1 aromatic rings. The van der Waals surface area contributed by atoms with Gasteiger partial charge >= 0.3 is 0 Å². The van der Waals surface area contributed by atoms with Crippen LogP contribution >= 0.6 is 12.4 Å². The van der Waals surface area contributed by atoms with Crippen LogP contribution in [-0.4, -0.2) is 32.5 Å². The molecule has 84 valence electrons. The van der Waals surface area contributed by atoms with E-state index in [2.05, 4.69) is 15.3 Å². The van der Waals surface area contributed by atoms with Crippen LogP contribution in [0.15, 0.2) is 17.6 Å². The third kappa shape index (κ3) is 2.93. The van der Waals surface area contributed by atoms with E-state index in [1.54, 1.807) is 0 Å². The molecule has 1 aliphatic heterocycles. The van der Waals surface area contributed by atoms with Crippen LogP contribution in [0.3, 0.4) is 0 Å². The SMILES string of the molecule is Cl.O=[S@](c1ncc(F)cn1)[C@@H]1CCNC1. The first-order valence-electron chi connectivity index (χ1n) is 4.36. The molecule has 0 saturated carbocycles. The summed E-state index contributed by atoms with van der Waals surface area (Å²) < 4.78 is 24.3. The van der Waals surface area contributed by atoms with Crippen LogP contribution in [0, 0.1) is 5.82 Å². The molecule has 0 aliphatic carbocycles. The fourth-order valence-corrected chi connectivity index (χ4v) is 2.58. The monoisotopic (exact) mass is 251 g/mol. The molecular weight excluding hydrogens is 241 g/mol. The normalized spacial score (nSPS) is 22.1. The highest BCUT2D eigenvalue weighted by molar-refractivity contribution is 7.85. The van der Waals surface area contributed by atoms with Gasteiger partial charge in [-0.1, -0.05) is 0 Å². The summed E-state index contributed by atoms with van der Waals surface area (Å²) in [4.78, 5) is 7.42. The minimum Gasteiger partial charge on any atom is -0.315 e. The zero-order chi connectivity index (χ0) is 9.97. The van der Waals surface area contributed by atoms with Crippen molar-refractivity contribution in [2.45, 2.75) is 16.8 Å². The molecule has 1 saturated heterocycles. The molecule has 1 aliphatic rings. The smallest absolute Gasteiger partial charge is 0.218 e. The molecule has 0 spiro atoms. The van der Waals surface area contributed by atoms with E-state index in [4.69, 9.17) is 0 Å². The van der Waals surface area contributed by atoms with Gasteiger partial charge in [-0.2, -0.15) is 0 Å². The van der Waals surface area contributed by atoms with Crippen molar-refractivity contribution in [3.8, 4) is 0 Å². The van der Waals surface area contributed by atoms with Gasteiger partial charge in [0, 0.05) is 6.54 Å². The summed E-state index contributed by atoms with van der Waals surface area (Å²) in [5.74, 6) is -0.504. The quantitative estimate of drug-likeness (QED) is 0.778. The van der Waals surface area contributed by atoms with Crippen LogP contribution < -0.4 is 5.32 Å². The van der Waals surface area contributed by atoms with Crippen LogP contribution in [0.4, 0.5) is 4.39 Å². The second-order valence-electron chi connectivity index (χ2n) is 3.10. The second-order valence-corrected chi connectivity index (χ2v) is 4.72. The summed E-state index contributed by atoms with van der Waals surface area (Å²) in [5.41, 5.74) is 0. The maximum Gasteiger partial charge on any atom is 0.218 e. The number of nitrogens with zero attached hydrogens (tertiary/aromatic N) is 2. The maximum absolute atomic E-state index is 12.5. The third-order valence-corrected chi connectivity index (χ3v) is 3.67. The molecule has 2 atom stereocenters. The van der Waals surface area contributed by atoms with Gasteiger partial charge in [-0.25, -0.2) is 14.4 Å². The Kier molecular flexibility index (Phi) is 4.56. The van der Waals surface area contributed by atoms with E-state index < -0.39 is 16.6 Å². The van der Waals surface area contributed by atoms with Gasteiger partial charge in [0.2, 0.25) is 5.16 Å². The van der Waals surface area contributed by atoms with Crippen molar-refractivity contribution in [2.24, 2.45) is 0 Å². The highest BCUT2D eigenvalue weighted by atomic mass is 35.5. The molecule has 0 unspecified atom stereocenters. The summed E-state index contributed by atoms with van der Waals surface area (Å²) in [7, 11) is -1.22. The molecule has 0 radical (unpaired) electrons. The van der Waals surface area contributed by atoms with E-state index in [1.807, 2.05) is 0 Å². The van der Waals surface area contributed by atoms with Gasteiger partial charge in [0.05, 0.1) is 28.4 Å². The molecule has 2 heterocycles. The minimum atomic E-state index is -1.22. The first kappa shape index (κ1) is 12.5. The Balaban J connectivity index is 0.00000112. The van der Waals surface area contributed by atoms with Gasteiger partial charge in [0.25, 0.3) is 0 Å². The van der Waals surface area contributed by atoms with Crippen molar-refractivity contribution in [3.05, 3.63) is 18.2 Å². The first-order chi connectivity index (χ1) is 6.77. The Morgan fingerprint density at radius 3 is 2.67 bits per heavy atom. The minimum absolute atomic E-state index is 0. The molecule has 1 aromatic heterocycles. The molecule has 0 bridgehead atoms. The molecule has 0 aromatic carbocycles. The zero-order valence-electron chi connectivity index (χ0n) is 7.85. The van der Waals surface area contributed by atoms with Gasteiger partial charge in [-0.3, -0.25) is 4.21 Å². The van der Waals surface area contributed by atoms with Crippen LogP contribution in [-0.2, 0) is 10.8 Å². The van der Waals surface area contributed by atoms with E-state index >= 15 is 0 Å². The van der Waals surface area contributed by atoms with Crippen molar-refractivity contribution in [1.82, 2.24) is 15.3 Å². The van der Waals surface area contributed by atoms with E-state index in [0.29, 0.717) is 6.54 Å². The number of rotatable bonds is 2. The predicted molar refractivity (Wildman–Crippen MR) is 56.9 cm³/mol. The molecule has 7 heteroatoms. The lowest BCUT2D eigenvalue weighted by atomic mass is 10.4. The summed E-state index contributed by atoms with van der Waals surface area (Å²) >= 11 is 0. The van der Waals surface area contributed by atoms with Crippen molar-refractivity contribution >= 4 is 23.2 Å². The third-order valence-electron chi connectivity index (χ3n) is 2.09. The van der Waals surface area contributed by atoms with E-state index in [1.165, 1.54) is 0 Å². The highest BCUT2D eigenvalue weighted by Gasteiger charge is 2.23. The Hall–Kier alpha value is -0.590. The van der Waals surface area contributed by atoms with Gasteiger partial charge in [0.15, 0.2) is 5.82 Å². The lowest BCUT2D eigenvalue weighted by Crippen LogP contribution is -2.20. The topological polar surface area (TPSA) is 54.9 Å². The highest BCUT2D eigenvalue weighted by Crippen LogP contribution is 2.11. The number of aromatic nitrogens is 2. The largest absolute Gasteiger partial charge is 0.315 e. The predicted octanol–water partition coefficient (Wildman–Crippen LogP) is 0.507. The molecule has 0 amide bonds. The van der Waals surface area contributed by atoms with Crippen molar-refractivity contribution in [3.63, 3.8) is 0 Å². The van der Waals surface area contributed by atoms with Gasteiger partial charge < -0.3 is 5.32 Å². The summed E-state index contributed by atoms with van der Waals surface area (Å²) in [5, 5.41) is 3.39. The Morgan fingerprint density at radius 1 is 1.47 bits per heavy atom. The number of nitrogens with one attached hydrogen (secondary N) is 1. The number of halogens is 2. The van der Waals surface area contributed by atoms with Crippen LogP contribution in [0.25, 0.3) is 0 Å². The first-order valence-corrected chi connectivity index (χ1v) is 5.57. The standard InChI is InChI=1S/C8H10FN3OS.ClH/c9-6-3-11-8(12-4-6)14(13)7-1-2-10-5-7;/h3-4,7,10H,1-2,5H2;1H/t7-,14+;/m1./s1. The lowest BCUT2D eigenvalue weighted by molar-refractivity contribution is 0.601. The second kappa shape index (κ2) is 5.48. The van der Waals surface area contributed by atoms with Gasteiger partial charge in [-0.15, -0.1) is 12.4 Å². The van der Waals surface area contributed by atoms with Crippen LogP contribution in [0.5, 0.6) is 0 Å². The number of hydrogen-bond acceptors (Lipinski definition) is 4. The number of hydrogen-bond donors (Lipinski definition) is 1. The summed E-state index contributed by atoms with van der Waals surface area (Å²) in [6.07, 6.45) is 2.94. The molecule has 4 nitrogen and oxygen atoms in total. The molecule has 1 fully saturated rings. The van der Waals surface area contributed by atoms with E-state index in [-0.39, 0.29) is 22.8 Å². The lowest BCUT2D eigenvalue weighted by Gasteiger charge is -2.05. The average Bonchev–Trinajstić information content (AvgIpc) is 2.71. The maximum atomic E-state index is 12.5. The molecule has 1 N–H and O–H groups in total. The molecular formula is C8H11ClFN3OS. The average molecular weight is 252 g/mol. The van der Waals surface area contributed by atoms with Crippen molar-refractivity contribution < 1.29 is 8.60 Å². The zero-order valence-corrected chi connectivity index (χ0v) is 9.48. The fourth-order valence-electron chi connectivity index (χ4n) is 1.36. The Bertz CT molecular complexity index is 342. The van der Waals surface area contributed by atoms with Gasteiger partial charge in [0.1, 0.15) is 0 Å². The van der Waals surface area contributed by atoms with Gasteiger partial charge in [-0.05, 0) is 13.0 Å². The van der Waals surface area contributed by atoms with E-state index in [0.717, 1.165) is 25.4 Å². The Morgan fingerprint density at radius 2 is 2.13 bits per heavy atom.